The summed E-state index contributed by atoms with van der Waals surface area (Å²) >= 11 is 1.61. The van der Waals surface area contributed by atoms with E-state index in [0.29, 0.717) is 22.7 Å². The predicted octanol–water partition coefficient (Wildman–Crippen LogP) is 5.57. The van der Waals surface area contributed by atoms with Gasteiger partial charge in [0.1, 0.15) is 22.4 Å². The van der Waals surface area contributed by atoms with Crippen LogP contribution in [-0.4, -0.2) is 15.5 Å². The van der Waals surface area contributed by atoms with E-state index in [0.717, 1.165) is 35.4 Å². The average molecular weight is 460 g/mol. The molecule has 0 saturated heterocycles. The van der Waals surface area contributed by atoms with Gasteiger partial charge in [-0.1, -0.05) is 25.1 Å². The molecule has 6 nitrogen and oxygen atoms in total. The lowest BCUT2D eigenvalue weighted by Crippen LogP contribution is -2.32. The highest BCUT2D eigenvalue weighted by Gasteiger charge is 2.25. The van der Waals surface area contributed by atoms with Gasteiger partial charge in [-0.05, 0) is 74.1 Å². The fourth-order valence-electron chi connectivity index (χ4n) is 4.22. The molecule has 5 rings (SSSR count). The molecule has 168 valence electrons. The summed E-state index contributed by atoms with van der Waals surface area (Å²) in [7, 11) is 0. The first kappa shape index (κ1) is 21.4. The molecule has 2 aromatic heterocycles. The van der Waals surface area contributed by atoms with Crippen LogP contribution in [0, 0.1) is 5.92 Å². The Morgan fingerprint density at radius 1 is 1.15 bits per heavy atom. The Morgan fingerprint density at radius 3 is 2.64 bits per heavy atom. The minimum Gasteiger partial charge on any atom is -0.457 e. The van der Waals surface area contributed by atoms with Crippen molar-refractivity contribution in [2.24, 2.45) is 5.92 Å². The molecular formula is C26H25N3O3S. The smallest absolute Gasteiger partial charge is 0.263 e. The van der Waals surface area contributed by atoms with E-state index >= 15 is 0 Å². The third-order valence-corrected chi connectivity index (χ3v) is 7.30. The van der Waals surface area contributed by atoms with Gasteiger partial charge < -0.3 is 10.1 Å². The molecule has 2 heterocycles. The van der Waals surface area contributed by atoms with E-state index in [2.05, 4.69) is 17.2 Å². The molecule has 2 atom stereocenters. The molecule has 0 saturated carbocycles. The number of carbonyl (C=O) groups is 1. The number of carbonyl (C=O) groups excluding carboxylic acids is 1. The lowest BCUT2D eigenvalue weighted by Gasteiger charge is -2.18. The zero-order chi connectivity index (χ0) is 22.9. The Kier molecular flexibility index (Phi) is 5.72. The van der Waals surface area contributed by atoms with Crippen molar-refractivity contribution in [1.29, 1.82) is 0 Å². The Morgan fingerprint density at radius 2 is 1.88 bits per heavy atom. The highest BCUT2D eigenvalue weighted by molar-refractivity contribution is 7.18. The zero-order valence-corrected chi connectivity index (χ0v) is 19.4. The number of hydrogen-bond acceptors (Lipinski definition) is 5. The number of aryl methyl sites for hydroxylation is 1. The monoisotopic (exact) mass is 459 g/mol. The highest BCUT2D eigenvalue weighted by atomic mass is 32.1. The molecular weight excluding hydrogens is 434 g/mol. The maximum Gasteiger partial charge on any atom is 0.263 e. The maximum atomic E-state index is 13.3. The van der Waals surface area contributed by atoms with Crippen molar-refractivity contribution >= 4 is 33.1 Å². The fraction of sp³-hybridized carbons (Fsp3) is 0.269. The number of hydrogen-bond donors (Lipinski definition) is 1. The van der Waals surface area contributed by atoms with Gasteiger partial charge >= 0.3 is 0 Å². The van der Waals surface area contributed by atoms with Gasteiger partial charge in [0.05, 0.1) is 11.7 Å². The van der Waals surface area contributed by atoms with E-state index in [4.69, 9.17) is 4.74 Å². The van der Waals surface area contributed by atoms with Gasteiger partial charge in [-0.3, -0.25) is 14.2 Å². The fourth-order valence-corrected chi connectivity index (χ4v) is 5.56. The van der Waals surface area contributed by atoms with E-state index in [1.165, 1.54) is 15.8 Å². The van der Waals surface area contributed by atoms with Gasteiger partial charge in [-0.25, -0.2) is 4.98 Å². The van der Waals surface area contributed by atoms with E-state index < -0.39 is 6.04 Å². The van der Waals surface area contributed by atoms with Crippen LogP contribution in [0.15, 0.2) is 65.7 Å². The first-order valence-corrected chi connectivity index (χ1v) is 12.0. The molecule has 0 aliphatic heterocycles. The second-order valence-electron chi connectivity index (χ2n) is 8.59. The minimum atomic E-state index is -0.687. The van der Waals surface area contributed by atoms with Crippen molar-refractivity contribution in [3.8, 4) is 11.5 Å². The Hall–Kier alpha value is -3.45. The number of ether oxygens (including phenoxy) is 1. The van der Waals surface area contributed by atoms with Gasteiger partial charge in [0.25, 0.3) is 5.56 Å². The van der Waals surface area contributed by atoms with Crippen LogP contribution in [0.2, 0.25) is 0 Å². The summed E-state index contributed by atoms with van der Waals surface area (Å²) < 4.78 is 7.23. The first-order valence-electron chi connectivity index (χ1n) is 11.1. The quantitative estimate of drug-likeness (QED) is 0.423. The van der Waals surface area contributed by atoms with Crippen molar-refractivity contribution < 1.29 is 9.53 Å². The highest BCUT2D eigenvalue weighted by Crippen LogP contribution is 2.35. The summed E-state index contributed by atoms with van der Waals surface area (Å²) in [6.07, 6.45) is 4.47. The standard InChI is InChI=1S/C26H25N3O3S/c1-16-8-13-21-22(14-16)33-25-23(21)26(31)29(15-27-25)17(2)24(30)28-18-9-11-20(12-10-18)32-19-6-4-3-5-7-19/h3-7,9-12,15-17H,8,13-14H2,1-2H3,(H,28,30). The number of benzene rings is 2. The number of nitrogens with one attached hydrogen (secondary N) is 1. The zero-order valence-electron chi connectivity index (χ0n) is 18.6. The number of anilines is 1. The molecule has 0 fully saturated rings. The number of fused-ring (bicyclic) bond motifs is 3. The van der Waals surface area contributed by atoms with E-state index in [-0.39, 0.29) is 11.5 Å². The van der Waals surface area contributed by atoms with Crippen molar-refractivity contribution in [3.05, 3.63) is 81.7 Å². The van der Waals surface area contributed by atoms with Crippen LogP contribution in [0.1, 0.15) is 36.8 Å². The Bertz CT molecular complexity index is 1360. The number of rotatable bonds is 5. The van der Waals surface area contributed by atoms with Crippen molar-refractivity contribution in [1.82, 2.24) is 9.55 Å². The summed E-state index contributed by atoms with van der Waals surface area (Å²) in [6.45, 7) is 3.96. The molecule has 1 N–H and O–H groups in total. The summed E-state index contributed by atoms with van der Waals surface area (Å²) in [4.78, 5) is 32.8. The van der Waals surface area contributed by atoms with E-state index in [1.54, 1.807) is 42.5 Å². The molecule has 7 heteroatoms. The van der Waals surface area contributed by atoms with Crippen LogP contribution >= 0.6 is 11.3 Å². The lowest BCUT2D eigenvalue weighted by molar-refractivity contribution is -0.118. The van der Waals surface area contributed by atoms with Crippen LogP contribution in [0.3, 0.4) is 0 Å². The predicted molar refractivity (Wildman–Crippen MR) is 131 cm³/mol. The minimum absolute atomic E-state index is 0.138. The molecule has 0 radical (unpaired) electrons. The number of nitrogens with zero attached hydrogens (tertiary/aromatic N) is 2. The van der Waals surface area contributed by atoms with Crippen molar-refractivity contribution in [2.75, 3.05) is 5.32 Å². The van der Waals surface area contributed by atoms with Crippen LogP contribution < -0.4 is 15.6 Å². The van der Waals surface area contributed by atoms with Crippen molar-refractivity contribution in [2.45, 2.75) is 39.2 Å². The molecule has 1 aliphatic rings. The number of amides is 1. The summed E-state index contributed by atoms with van der Waals surface area (Å²) in [6, 6.07) is 16.0. The largest absolute Gasteiger partial charge is 0.457 e. The summed E-state index contributed by atoms with van der Waals surface area (Å²) in [5.74, 6) is 1.78. The van der Waals surface area contributed by atoms with Gasteiger partial charge in [0.2, 0.25) is 5.91 Å². The molecule has 0 bridgehead atoms. The second kappa shape index (κ2) is 8.83. The third-order valence-electron chi connectivity index (χ3n) is 6.14. The molecule has 33 heavy (non-hydrogen) atoms. The Balaban J connectivity index is 1.33. The first-order chi connectivity index (χ1) is 16.0. The normalized spacial score (nSPS) is 16.2. The van der Waals surface area contributed by atoms with Gasteiger partial charge in [-0.15, -0.1) is 11.3 Å². The van der Waals surface area contributed by atoms with Gasteiger partial charge in [-0.2, -0.15) is 0 Å². The maximum absolute atomic E-state index is 13.3. The van der Waals surface area contributed by atoms with Gasteiger partial charge in [0.15, 0.2) is 0 Å². The summed E-state index contributed by atoms with van der Waals surface area (Å²) in [5, 5.41) is 3.58. The molecule has 4 aromatic rings. The average Bonchev–Trinajstić information content (AvgIpc) is 3.19. The number of para-hydroxylation sites is 1. The van der Waals surface area contributed by atoms with E-state index in [1.807, 2.05) is 30.3 Å². The van der Waals surface area contributed by atoms with Crippen LogP contribution in [0.4, 0.5) is 5.69 Å². The van der Waals surface area contributed by atoms with Crippen molar-refractivity contribution in [3.63, 3.8) is 0 Å². The molecule has 2 unspecified atom stereocenters. The van der Waals surface area contributed by atoms with Crippen LogP contribution in [-0.2, 0) is 17.6 Å². The SMILES string of the molecule is CC1CCc2c(sc3ncn(C(C)C(=O)Nc4ccc(Oc5ccccc5)cc4)c(=O)c23)C1. The lowest BCUT2D eigenvalue weighted by atomic mass is 9.89. The topological polar surface area (TPSA) is 73.2 Å². The third kappa shape index (κ3) is 4.28. The number of aromatic nitrogens is 2. The summed E-state index contributed by atoms with van der Waals surface area (Å²) in [5.41, 5.74) is 1.62. The van der Waals surface area contributed by atoms with Crippen LogP contribution in [0.5, 0.6) is 11.5 Å². The molecule has 1 amide bonds. The molecule has 1 aliphatic carbocycles. The number of thiophene rings is 1. The van der Waals surface area contributed by atoms with E-state index in [9.17, 15) is 9.59 Å². The molecule has 0 spiro atoms. The molecule has 2 aromatic carbocycles. The Labute approximate surface area is 195 Å². The second-order valence-corrected chi connectivity index (χ2v) is 9.68. The van der Waals surface area contributed by atoms with Crippen LogP contribution in [0.25, 0.3) is 10.2 Å². The van der Waals surface area contributed by atoms with Gasteiger partial charge in [0, 0.05) is 10.6 Å².